The summed E-state index contributed by atoms with van der Waals surface area (Å²) in [6.45, 7) is -0.617. The molecule has 100 valence electrons. The lowest BCUT2D eigenvalue weighted by molar-refractivity contribution is -0.0538. The Balaban J connectivity index is 2.42. The van der Waals surface area contributed by atoms with E-state index in [1.807, 2.05) is 4.98 Å². The van der Waals surface area contributed by atoms with Crippen LogP contribution >= 0.6 is 15.9 Å². The highest BCUT2D eigenvalue weighted by Gasteiger charge is 2.45. The van der Waals surface area contributed by atoms with Crippen LogP contribution in [-0.4, -0.2) is 44.8 Å². The van der Waals surface area contributed by atoms with Gasteiger partial charge in [0.25, 0.3) is 5.56 Å². The third-order valence-electron chi connectivity index (χ3n) is 2.67. The molecule has 0 spiro atoms. The number of aliphatic hydroxyl groups excluding tert-OH is 2. The predicted octanol–water partition coefficient (Wildman–Crippen LogP) is -1.11. The minimum atomic E-state index is -1.81. The van der Waals surface area contributed by atoms with E-state index < -0.39 is 42.5 Å². The second-order valence-electron chi connectivity index (χ2n) is 3.83. The van der Waals surface area contributed by atoms with Crippen LogP contribution in [0.25, 0.3) is 0 Å². The summed E-state index contributed by atoms with van der Waals surface area (Å²) in [4.78, 5) is 24.7. The highest BCUT2D eigenvalue weighted by atomic mass is 79.9. The van der Waals surface area contributed by atoms with Gasteiger partial charge in [-0.3, -0.25) is 14.3 Å². The van der Waals surface area contributed by atoms with Gasteiger partial charge in [-0.15, -0.1) is 0 Å². The Morgan fingerprint density at radius 3 is 2.78 bits per heavy atom. The number of hydrogen-bond acceptors (Lipinski definition) is 5. The number of aromatic nitrogens is 2. The minimum Gasteiger partial charge on any atom is -0.394 e. The normalized spacial score (nSPS) is 31.8. The smallest absolute Gasteiger partial charge is 0.330 e. The van der Waals surface area contributed by atoms with Gasteiger partial charge < -0.3 is 14.9 Å². The molecule has 1 aromatic rings. The summed E-state index contributed by atoms with van der Waals surface area (Å²) >= 11 is 2.91. The number of aliphatic hydroxyl groups is 2. The van der Waals surface area contributed by atoms with Crippen molar-refractivity contribution in [2.24, 2.45) is 0 Å². The fourth-order valence-electron chi connectivity index (χ4n) is 1.74. The van der Waals surface area contributed by atoms with Crippen LogP contribution in [0, 0.1) is 0 Å². The van der Waals surface area contributed by atoms with E-state index in [9.17, 15) is 19.1 Å². The number of hydrogen-bond donors (Lipinski definition) is 3. The fourth-order valence-corrected chi connectivity index (χ4v) is 2.06. The Morgan fingerprint density at radius 1 is 1.56 bits per heavy atom. The standard InChI is InChI=1S/C9H10BrFN2O5/c10-3-1-13(9(17)12-7(3)16)8-6(15)5(11)4(2-14)18-8/h1,4-6,8,14-15H,2H2,(H,12,16,17)/t4-,5?,6-,8-/m1/s1. The van der Waals surface area contributed by atoms with Crippen LogP contribution in [0.15, 0.2) is 20.3 Å². The highest BCUT2D eigenvalue weighted by Crippen LogP contribution is 2.30. The van der Waals surface area contributed by atoms with Crippen molar-refractivity contribution in [1.29, 1.82) is 0 Å². The van der Waals surface area contributed by atoms with Crippen molar-refractivity contribution in [2.75, 3.05) is 6.61 Å². The van der Waals surface area contributed by atoms with Gasteiger partial charge in [-0.25, -0.2) is 9.18 Å². The van der Waals surface area contributed by atoms with Crippen molar-refractivity contribution in [3.63, 3.8) is 0 Å². The molecule has 1 aliphatic rings. The predicted molar refractivity (Wildman–Crippen MR) is 60.9 cm³/mol. The van der Waals surface area contributed by atoms with Gasteiger partial charge in [0.2, 0.25) is 0 Å². The number of nitrogens with one attached hydrogen (secondary N) is 1. The van der Waals surface area contributed by atoms with E-state index in [-0.39, 0.29) is 4.47 Å². The van der Waals surface area contributed by atoms with Gasteiger partial charge in [0.15, 0.2) is 12.4 Å². The lowest BCUT2D eigenvalue weighted by Crippen LogP contribution is -2.37. The molecule has 0 aromatic carbocycles. The molecule has 2 rings (SSSR count). The van der Waals surface area contributed by atoms with Gasteiger partial charge in [-0.2, -0.15) is 0 Å². The van der Waals surface area contributed by atoms with E-state index in [4.69, 9.17) is 9.84 Å². The van der Waals surface area contributed by atoms with Crippen molar-refractivity contribution in [3.05, 3.63) is 31.5 Å². The van der Waals surface area contributed by atoms with E-state index in [0.29, 0.717) is 0 Å². The summed E-state index contributed by atoms with van der Waals surface area (Å²) in [5, 5.41) is 18.5. The Hall–Kier alpha value is -1.03. The Bertz CT molecular complexity index is 559. The molecule has 1 saturated heterocycles. The zero-order valence-corrected chi connectivity index (χ0v) is 10.5. The molecule has 1 aromatic heterocycles. The van der Waals surface area contributed by atoms with Gasteiger partial charge in [-0.1, -0.05) is 0 Å². The fraction of sp³-hybridized carbons (Fsp3) is 0.556. The largest absolute Gasteiger partial charge is 0.394 e. The van der Waals surface area contributed by atoms with E-state index in [2.05, 4.69) is 15.9 Å². The highest BCUT2D eigenvalue weighted by molar-refractivity contribution is 9.10. The average Bonchev–Trinajstić information content (AvgIpc) is 2.61. The SMILES string of the molecule is O=c1[nH]c(=O)n([C@@H]2O[C@H](CO)C(F)[C@H]2O)cc1Br. The monoisotopic (exact) mass is 324 g/mol. The molecule has 0 amide bonds. The number of ether oxygens (including phenoxy) is 1. The molecule has 1 aliphatic heterocycles. The van der Waals surface area contributed by atoms with E-state index in [1.54, 1.807) is 0 Å². The topological polar surface area (TPSA) is 105 Å². The van der Waals surface area contributed by atoms with Crippen LogP contribution < -0.4 is 11.2 Å². The lowest BCUT2D eigenvalue weighted by Gasteiger charge is -2.16. The summed E-state index contributed by atoms with van der Waals surface area (Å²) < 4.78 is 19.4. The molecule has 0 aliphatic carbocycles. The summed E-state index contributed by atoms with van der Waals surface area (Å²) in [5.74, 6) is 0. The molecule has 1 fully saturated rings. The molecule has 18 heavy (non-hydrogen) atoms. The number of nitrogens with zero attached hydrogens (tertiary/aromatic N) is 1. The molecule has 0 bridgehead atoms. The molecular formula is C9H10BrFN2O5. The van der Waals surface area contributed by atoms with Gasteiger partial charge in [-0.05, 0) is 15.9 Å². The summed E-state index contributed by atoms with van der Waals surface area (Å²) in [6, 6.07) is 0. The van der Waals surface area contributed by atoms with Crippen LogP contribution in [0.2, 0.25) is 0 Å². The lowest BCUT2D eigenvalue weighted by atomic mass is 10.1. The van der Waals surface area contributed by atoms with Gasteiger partial charge in [0, 0.05) is 6.20 Å². The maximum Gasteiger partial charge on any atom is 0.330 e. The van der Waals surface area contributed by atoms with Crippen LogP contribution in [0.3, 0.4) is 0 Å². The van der Waals surface area contributed by atoms with Crippen molar-refractivity contribution in [1.82, 2.24) is 9.55 Å². The molecule has 0 saturated carbocycles. The number of alkyl halides is 1. The van der Waals surface area contributed by atoms with Crippen LogP contribution in [0.1, 0.15) is 6.23 Å². The van der Waals surface area contributed by atoms with Crippen molar-refractivity contribution in [3.8, 4) is 0 Å². The molecule has 3 N–H and O–H groups in total. The molecule has 9 heteroatoms. The molecule has 0 radical (unpaired) electrons. The molecule has 2 heterocycles. The Kier molecular flexibility index (Phi) is 3.66. The van der Waals surface area contributed by atoms with Crippen molar-refractivity contribution < 1.29 is 19.3 Å². The van der Waals surface area contributed by atoms with Crippen molar-refractivity contribution >= 4 is 15.9 Å². The molecule has 1 unspecified atom stereocenters. The second-order valence-corrected chi connectivity index (χ2v) is 4.68. The third kappa shape index (κ3) is 2.14. The zero-order chi connectivity index (χ0) is 13.4. The number of H-pyrrole nitrogens is 1. The Labute approximate surface area is 108 Å². The molecular weight excluding hydrogens is 315 g/mol. The van der Waals surface area contributed by atoms with Crippen LogP contribution in [0.5, 0.6) is 0 Å². The van der Waals surface area contributed by atoms with Gasteiger partial charge in [0.05, 0.1) is 11.1 Å². The summed E-state index contributed by atoms with van der Waals surface area (Å²) in [6.07, 6.45) is -4.81. The quantitative estimate of drug-likeness (QED) is 0.639. The van der Waals surface area contributed by atoms with E-state index >= 15 is 0 Å². The van der Waals surface area contributed by atoms with Crippen molar-refractivity contribution in [2.45, 2.75) is 24.6 Å². The Morgan fingerprint density at radius 2 is 2.22 bits per heavy atom. The summed E-state index contributed by atoms with van der Waals surface area (Å²) in [5.41, 5.74) is -1.47. The second kappa shape index (κ2) is 4.92. The number of halogens is 2. The van der Waals surface area contributed by atoms with Gasteiger partial charge >= 0.3 is 5.69 Å². The van der Waals surface area contributed by atoms with Crippen LogP contribution in [0.4, 0.5) is 4.39 Å². The molecule has 7 nitrogen and oxygen atoms in total. The third-order valence-corrected chi connectivity index (χ3v) is 3.23. The van der Waals surface area contributed by atoms with Crippen LogP contribution in [-0.2, 0) is 4.74 Å². The number of aromatic amines is 1. The minimum absolute atomic E-state index is 0.0424. The first-order chi connectivity index (χ1) is 8.45. The number of rotatable bonds is 2. The molecule has 4 atom stereocenters. The summed E-state index contributed by atoms with van der Waals surface area (Å²) in [7, 11) is 0. The average molecular weight is 325 g/mol. The maximum absolute atomic E-state index is 13.5. The van der Waals surface area contributed by atoms with E-state index in [1.165, 1.54) is 0 Å². The first kappa shape index (κ1) is 13.4. The van der Waals surface area contributed by atoms with E-state index in [0.717, 1.165) is 10.8 Å². The maximum atomic E-state index is 13.5. The first-order valence-electron chi connectivity index (χ1n) is 5.05. The zero-order valence-electron chi connectivity index (χ0n) is 8.92. The first-order valence-corrected chi connectivity index (χ1v) is 5.84. The van der Waals surface area contributed by atoms with Gasteiger partial charge in [0.1, 0.15) is 12.2 Å².